The predicted octanol–water partition coefficient (Wildman–Crippen LogP) is 2.99. The van der Waals surface area contributed by atoms with Crippen LogP contribution >= 0.6 is 11.6 Å². The molecule has 2 aromatic rings. The van der Waals surface area contributed by atoms with Crippen molar-refractivity contribution in [3.8, 4) is 11.3 Å². The van der Waals surface area contributed by atoms with E-state index < -0.39 is 5.97 Å². The summed E-state index contributed by atoms with van der Waals surface area (Å²) < 4.78 is 1.88. The Morgan fingerprint density at radius 1 is 1.35 bits per heavy atom. The van der Waals surface area contributed by atoms with E-state index in [0.717, 1.165) is 47.3 Å². The molecule has 0 radical (unpaired) electrons. The van der Waals surface area contributed by atoms with Gasteiger partial charge < -0.3 is 9.67 Å². The van der Waals surface area contributed by atoms with Gasteiger partial charge in [-0.05, 0) is 54.2 Å². The average Bonchev–Trinajstić information content (AvgIpc) is 2.66. The van der Waals surface area contributed by atoms with E-state index in [2.05, 4.69) is 0 Å². The molecule has 120 valence electrons. The van der Waals surface area contributed by atoms with Gasteiger partial charge in [0.15, 0.2) is 5.43 Å². The zero-order chi connectivity index (χ0) is 16.7. The fourth-order valence-electron chi connectivity index (χ4n) is 3.64. The number of aryl methyl sites for hydroxylation is 1. The highest BCUT2D eigenvalue weighted by atomic mass is 35.5. The standard InChI is InChI=1S/C18H18ClNO3/c1-3-12-13-6-4-10-8-11(19)5-7-15(21)17(10)18(13)20(2)14(12)9-16(22)23/h5,7-8H,3-4,6,9H2,1-2H3,(H,22,23). The summed E-state index contributed by atoms with van der Waals surface area (Å²) in [5.41, 5.74) is 5.34. The zero-order valence-electron chi connectivity index (χ0n) is 13.1. The lowest BCUT2D eigenvalue weighted by Gasteiger charge is -2.16. The highest BCUT2D eigenvalue weighted by Crippen LogP contribution is 2.37. The largest absolute Gasteiger partial charge is 0.481 e. The van der Waals surface area contributed by atoms with E-state index in [1.807, 2.05) is 24.6 Å². The van der Waals surface area contributed by atoms with Gasteiger partial charge in [0.2, 0.25) is 0 Å². The molecule has 0 amide bonds. The van der Waals surface area contributed by atoms with Crippen molar-refractivity contribution in [2.75, 3.05) is 0 Å². The number of carboxylic acids is 1. The fourth-order valence-corrected chi connectivity index (χ4v) is 3.83. The maximum absolute atomic E-state index is 12.6. The van der Waals surface area contributed by atoms with Gasteiger partial charge in [0.25, 0.3) is 0 Å². The van der Waals surface area contributed by atoms with Crippen molar-refractivity contribution in [3.05, 3.63) is 55.8 Å². The van der Waals surface area contributed by atoms with Crippen LogP contribution in [0.3, 0.4) is 0 Å². The minimum atomic E-state index is -0.859. The number of hydrogen-bond donors (Lipinski definition) is 1. The normalized spacial score (nSPS) is 12.7. The average molecular weight is 332 g/mol. The SMILES string of the molecule is CCc1c2c(n(C)c1CC(=O)O)-c1c(cc(Cl)ccc1=O)CC2. The number of fused-ring (bicyclic) bond motifs is 3. The van der Waals surface area contributed by atoms with Crippen molar-refractivity contribution < 1.29 is 9.90 Å². The third-order valence-corrected chi connectivity index (χ3v) is 4.80. The number of nitrogens with zero attached hydrogens (tertiary/aromatic N) is 1. The maximum atomic E-state index is 12.6. The Hall–Kier alpha value is -2.07. The Labute approximate surface area is 139 Å². The van der Waals surface area contributed by atoms with Crippen molar-refractivity contribution >= 4 is 17.6 Å². The summed E-state index contributed by atoms with van der Waals surface area (Å²) in [4.78, 5) is 23.8. The Morgan fingerprint density at radius 3 is 2.74 bits per heavy atom. The second-order valence-electron chi connectivity index (χ2n) is 5.86. The number of carboxylic acid groups (broad SMARTS) is 1. The smallest absolute Gasteiger partial charge is 0.309 e. The van der Waals surface area contributed by atoms with Crippen LogP contribution in [0.2, 0.25) is 5.02 Å². The van der Waals surface area contributed by atoms with Crippen LogP contribution < -0.4 is 5.43 Å². The van der Waals surface area contributed by atoms with Crippen LogP contribution in [0.15, 0.2) is 23.0 Å². The summed E-state index contributed by atoms with van der Waals surface area (Å²) in [6.45, 7) is 2.02. The first kappa shape index (κ1) is 15.8. The van der Waals surface area contributed by atoms with Crippen molar-refractivity contribution in [1.29, 1.82) is 0 Å². The number of aromatic nitrogens is 1. The Morgan fingerprint density at radius 2 is 2.09 bits per heavy atom. The minimum Gasteiger partial charge on any atom is -0.481 e. The summed E-state index contributed by atoms with van der Waals surface area (Å²) in [5, 5.41) is 9.75. The fraction of sp³-hybridized carbons (Fsp3) is 0.333. The zero-order valence-corrected chi connectivity index (χ0v) is 13.9. The molecule has 1 N–H and O–H groups in total. The van der Waals surface area contributed by atoms with E-state index in [1.54, 1.807) is 6.07 Å². The molecular weight excluding hydrogens is 314 g/mol. The molecule has 0 spiro atoms. The molecule has 3 rings (SSSR count). The molecule has 0 bridgehead atoms. The summed E-state index contributed by atoms with van der Waals surface area (Å²) in [6.07, 6.45) is 2.28. The van der Waals surface area contributed by atoms with Crippen LogP contribution in [-0.2, 0) is 37.5 Å². The summed E-state index contributed by atoms with van der Waals surface area (Å²) in [5.74, 6) is -0.859. The van der Waals surface area contributed by atoms with Crippen LogP contribution in [0, 0.1) is 0 Å². The highest BCUT2D eigenvalue weighted by molar-refractivity contribution is 6.30. The highest BCUT2D eigenvalue weighted by Gasteiger charge is 2.28. The molecule has 1 heterocycles. The molecule has 1 aromatic heterocycles. The third-order valence-electron chi connectivity index (χ3n) is 4.57. The lowest BCUT2D eigenvalue weighted by atomic mass is 9.88. The summed E-state index contributed by atoms with van der Waals surface area (Å²) in [6, 6.07) is 4.95. The molecule has 0 unspecified atom stereocenters. The van der Waals surface area contributed by atoms with Crippen molar-refractivity contribution in [2.24, 2.45) is 7.05 Å². The van der Waals surface area contributed by atoms with Crippen LogP contribution in [0.5, 0.6) is 0 Å². The van der Waals surface area contributed by atoms with Gasteiger partial charge in [-0.3, -0.25) is 9.59 Å². The van der Waals surface area contributed by atoms with Gasteiger partial charge in [-0.15, -0.1) is 0 Å². The van der Waals surface area contributed by atoms with Gasteiger partial charge >= 0.3 is 5.97 Å². The van der Waals surface area contributed by atoms with Gasteiger partial charge in [-0.25, -0.2) is 0 Å². The molecule has 0 atom stereocenters. The molecule has 5 heteroatoms. The van der Waals surface area contributed by atoms with Crippen LogP contribution in [0.1, 0.15) is 29.3 Å². The number of aliphatic carboxylic acids is 1. The van der Waals surface area contributed by atoms with Crippen molar-refractivity contribution in [2.45, 2.75) is 32.6 Å². The molecule has 1 aromatic carbocycles. The predicted molar refractivity (Wildman–Crippen MR) is 90.3 cm³/mol. The Balaban J connectivity index is 2.36. The third kappa shape index (κ3) is 2.57. The molecule has 0 saturated heterocycles. The van der Waals surface area contributed by atoms with Crippen LogP contribution in [0.4, 0.5) is 0 Å². The van der Waals surface area contributed by atoms with Gasteiger partial charge in [-0.1, -0.05) is 18.5 Å². The second kappa shape index (κ2) is 5.85. The second-order valence-corrected chi connectivity index (χ2v) is 6.30. The number of carbonyl (C=O) groups is 1. The molecule has 23 heavy (non-hydrogen) atoms. The summed E-state index contributed by atoms with van der Waals surface area (Å²) in [7, 11) is 1.85. The monoisotopic (exact) mass is 331 g/mol. The lowest BCUT2D eigenvalue weighted by molar-refractivity contribution is -0.136. The topological polar surface area (TPSA) is 59.3 Å². The van der Waals surface area contributed by atoms with Crippen molar-refractivity contribution in [1.82, 2.24) is 4.57 Å². The van der Waals surface area contributed by atoms with E-state index in [0.29, 0.717) is 10.6 Å². The van der Waals surface area contributed by atoms with E-state index >= 15 is 0 Å². The number of hydrogen-bond acceptors (Lipinski definition) is 2. The summed E-state index contributed by atoms with van der Waals surface area (Å²) >= 11 is 6.11. The molecule has 0 saturated carbocycles. The van der Waals surface area contributed by atoms with E-state index in [9.17, 15) is 14.7 Å². The first-order valence-corrected chi connectivity index (χ1v) is 8.06. The van der Waals surface area contributed by atoms with Gasteiger partial charge in [-0.2, -0.15) is 0 Å². The molecule has 1 aliphatic carbocycles. The Kier molecular flexibility index (Phi) is 4.02. The minimum absolute atomic E-state index is 0.0318. The first-order chi connectivity index (χ1) is 10.9. The Bertz CT molecular complexity index is 868. The molecule has 1 aliphatic rings. The van der Waals surface area contributed by atoms with Gasteiger partial charge in [0.05, 0.1) is 12.1 Å². The van der Waals surface area contributed by atoms with E-state index in [4.69, 9.17) is 11.6 Å². The molecule has 0 aliphatic heterocycles. The quantitative estimate of drug-likeness (QED) is 0.940. The number of rotatable bonds is 3. The first-order valence-electron chi connectivity index (χ1n) is 7.68. The van der Waals surface area contributed by atoms with Crippen LogP contribution in [0.25, 0.3) is 11.3 Å². The number of halogens is 1. The van der Waals surface area contributed by atoms with Gasteiger partial charge in [0.1, 0.15) is 0 Å². The van der Waals surface area contributed by atoms with Crippen molar-refractivity contribution in [3.63, 3.8) is 0 Å². The lowest BCUT2D eigenvalue weighted by Crippen LogP contribution is -2.13. The van der Waals surface area contributed by atoms with Crippen LogP contribution in [-0.4, -0.2) is 15.6 Å². The molecule has 4 nitrogen and oxygen atoms in total. The van der Waals surface area contributed by atoms with E-state index in [-0.39, 0.29) is 11.8 Å². The maximum Gasteiger partial charge on any atom is 0.309 e. The van der Waals surface area contributed by atoms with Gasteiger partial charge in [0, 0.05) is 23.3 Å². The van der Waals surface area contributed by atoms with E-state index in [1.165, 1.54) is 6.07 Å². The molecule has 0 fully saturated rings. The molecular formula is C18H18ClNO3.